The van der Waals surface area contributed by atoms with Gasteiger partial charge >= 0.3 is 0 Å². The molecule has 0 aliphatic heterocycles. The molecular weight excluding hydrogens is 324 g/mol. The molecule has 2 aromatic carbocycles. The summed E-state index contributed by atoms with van der Waals surface area (Å²) in [6, 6.07) is 21.4. The number of Topliss-reactive ketones (excluding diaryl/α,β-unsaturated/α-hetero) is 1. The molecule has 4 nitrogen and oxygen atoms in total. The van der Waals surface area contributed by atoms with Gasteiger partial charge in [0.25, 0.3) is 0 Å². The monoisotopic (exact) mass is 345 g/mol. The van der Waals surface area contributed by atoms with Crippen LogP contribution in [0.4, 0.5) is 0 Å². The van der Waals surface area contributed by atoms with E-state index in [1.54, 1.807) is 6.26 Å². The second-order valence-corrected chi connectivity index (χ2v) is 6.56. The summed E-state index contributed by atoms with van der Waals surface area (Å²) in [5.74, 6) is 0.980. The molecule has 26 heavy (non-hydrogen) atoms. The van der Waals surface area contributed by atoms with Gasteiger partial charge in [-0.25, -0.2) is 0 Å². The average Bonchev–Trinajstić information content (AvgIpc) is 3.32. The van der Waals surface area contributed by atoms with Gasteiger partial charge in [0.05, 0.1) is 13.3 Å². The molecule has 0 saturated heterocycles. The maximum atomic E-state index is 13.5. The van der Waals surface area contributed by atoms with Crippen molar-refractivity contribution in [2.24, 2.45) is 0 Å². The summed E-state index contributed by atoms with van der Waals surface area (Å²) >= 11 is 0. The van der Waals surface area contributed by atoms with Crippen molar-refractivity contribution in [2.45, 2.75) is 12.6 Å². The normalized spacial score (nSPS) is 13.6. The number of quaternary nitrogens is 1. The van der Waals surface area contributed by atoms with Crippen molar-refractivity contribution >= 4 is 16.7 Å². The number of hydrogen-bond donors (Lipinski definition) is 2. The summed E-state index contributed by atoms with van der Waals surface area (Å²) in [6.07, 6.45) is 3.49. The number of carbonyl (C=O) groups excluding carboxylic acids is 1. The van der Waals surface area contributed by atoms with E-state index in [2.05, 4.69) is 4.98 Å². The molecule has 4 heteroatoms. The summed E-state index contributed by atoms with van der Waals surface area (Å²) in [5, 5.41) is 0.962. The standard InChI is InChI=1S/C22H20N2O2/c1-24(15-17-10-7-13-26-17)21(16-8-3-2-4-9-16)22(25)19-14-23-20-12-6-5-11-18(19)20/h2-14,21,23H,15H2,1H3/p+1/t21-/m1/s1. The van der Waals surface area contributed by atoms with Crippen LogP contribution in [0.2, 0.25) is 0 Å². The zero-order valence-corrected chi connectivity index (χ0v) is 14.6. The Bertz CT molecular complexity index is 1000. The largest absolute Gasteiger partial charge is 0.463 e. The van der Waals surface area contributed by atoms with Crippen LogP contribution in [0.15, 0.2) is 83.6 Å². The number of aromatic nitrogens is 1. The van der Waals surface area contributed by atoms with Crippen molar-refractivity contribution in [3.05, 3.63) is 96.1 Å². The highest BCUT2D eigenvalue weighted by Gasteiger charge is 2.31. The van der Waals surface area contributed by atoms with Crippen molar-refractivity contribution in [1.29, 1.82) is 0 Å². The highest BCUT2D eigenvalue weighted by atomic mass is 16.3. The van der Waals surface area contributed by atoms with Crippen LogP contribution < -0.4 is 4.90 Å². The first-order valence-corrected chi connectivity index (χ1v) is 8.74. The Balaban J connectivity index is 1.73. The third kappa shape index (κ3) is 3.07. The van der Waals surface area contributed by atoms with Crippen molar-refractivity contribution in [3.63, 3.8) is 0 Å². The molecule has 2 aromatic heterocycles. The Labute approximate surface area is 152 Å². The van der Waals surface area contributed by atoms with Crippen molar-refractivity contribution < 1.29 is 14.1 Å². The van der Waals surface area contributed by atoms with Gasteiger partial charge in [-0.05, 0) is 18.2 Å². The van der Waals surface area contributed by atoms with Crippen LogP contribution in [0.25, 0.3) is 10.9 Å². The average molecular weight is 345 g/mol. The number of benzene rings is 2. The first kappa shape index (κ1) is 16.4. The summed E-state index contributed by atoms with van der Waals surface area (Å²) in [6.45, 7) is 0.640. The number of fused-ring (bicyclic) bond motifs is 1. The molecule has 0 aliphatic rings. The van der Waals surface area contributed by atoms with Crippen LogP contribution in [0.3, 0.4) is 0 Å². The van der Waals surface area contributed by atoms with Crippen LogP contribution >= 0.6 is 0 Å². The predicted molar refractivity (Wildman–Crippen MR) is 101 cm³/mol. The SMILES string of the molecule is C[NH+](Cc1ccco1)[C@@H](C(=O)c1c[nH]c2ccccc12)c1ccccc1. The van der Waals surface area contributed by atoms with E-state index < -0.39 is 0 Å². The van der Waals surface area contributed by atoms with E-state index in [0.29, 0.717) is 6.54 Å². The minimum atomic E-state index is -0.305. The highest BCUT2D eigenvalue weighted by Crippen LogP contribution is 2.23. The van der Waals surface area contributed by atoms with E-state index in [1.165, 1.54) is 0 Å². The minimum Gasteiger partial charge on any atom is -0.463 e. The molecule has 0 aliphatic carbocycles. The summed E-state index contributed by atoms with van der Waals surface area (Å²) < 4.78 is 5.49. The van der Waals surface area contributed by atoms with Crippen LogP contribution in [0.5, 0.6) is 0 Å². The summed E-state index contributed by atoms with van der Waals surface area (Å²) in [4.78, 5) is 17.8. The molecule has 0 amide bonds. The lowest BCUT2D eigenvalue weighted by atomic mass is 9.96. The van der Waals surface area contributed by atoms with E-state index >= 15 is 0 Å². The Kier molecular flexibility index (Phi) is 4.42. The number of hydrogen-bond acceptors (Lipinski definition) is 2. The molecule has 0 radical (unpaired) electrons. The number of likely N-dealkylation sites (N-methyl/N-ethyl adjacent to an activating group) is 1. The first-order valence-electron chi connectivity index (χ1n) is 8.74. The Morgan fingerprint density at radius 3 is 2.58 bits per heavy atom. The van der Waals surface area contributed by atoms with Crippen LogP contribution in [-0.2, 0) is 6.54 Å². The Morgan fingerprint density at radius 2 is 1.81 bits per heavy atom. The Morgan fingerprint density at radius 1 is 1.04 bits per heavy atom. The lowest BCUT2D eigenvalue weighted by Gasteiger charge is -2.23. The van der Waals surface area contributed by atoms with Gasteiger partial charge in [-0.3, -0.25) is 4.79 Å². The second kappa shape index (κ2) is 7.02. The molecule has 2 N–H and O–H groups in total. The smallest absolute Gasteiger partial charge is 0.226 e. The fourth-order valence-electron chi connectivity index (χ4n) is 3.53. The molecule has 0 bridgehead atoms. The van der Waals surface area contributed by atoms with E-state index in [-0.39, 0.29) is 11.8 Å². The van der Waals surface area contributed by atoms with Gasteiger partial charge in [0.15, 0.2) is 11.8 Å². The van der Waals surface area contributed by atoms with E-state index in [4.69, 9.17) is 4.42 Å². The van der Waals surface area contributed by atoms with Gasteiger partial charge in [0.1, 0.15) is 6.54 Å². The fourth-order valence-corrected chi connectivity index (χ4v) is 3.53. The van der Waals surface area contributed by atoms with E-state index in [9.17, 15) is 4.79 Å². The topological polar surface area (TPSA) is 50.4 Å². The van der Waals surface area contributed by atoms with Gasteiger partial charge in [-0.15, -0.1) is 0 Å². The third-order valence-electron chi connectivity index (χ3n) is 4.78. The van der Waals surface area contributed by atoms with Gasteiger partial charge in [0, 0.05) is 28.2 Å². The maximum absolute atomic E-state index is 13.5. The van der Waals surface area contributed by atoms with Crippen molar-refractivity contribution in [1.82, 2.24) is 4.98 Å². The molecule has 4 rings (SSSR count). The lowest BCUT2D eigenvalue weighted by molar-refractivity contribution is -0.916. The van der Waals surface area contributed by atoms with E-state index in [1.807, 2.05) is 80.0 Å². The maximum Gasteiger partial charge on any atom is 0.226 e. The number of aromatic amines is 1. The van der Waals surface area contributed by atoms with Gasteiger partial charge in [-0.1, -0.05) is 48.5 Å². The van der Waals surface area contributed by atoms with Crippen molar-refractivity contribution in [2.75, 3.05) is 7.05 Å². The van der Waals surface area contributed by atoms with Gasteiger partial charge in [0.2, 0.25) is 5.78 Å². The molecule has 2 heterocycles. The number of furan rings is 1. The van der Waals surface area contributed by atoms with Crippen molar-refractivity contribution in [3.8, 4) is 0 Å². The van der Waals surface area contributed by atoms with Crippen LogP contribution in [0, 0.1) is 0 Å². The van der Waals surface area contributed by atoms with Gasteiger partial charge in [-0.2, -0.15) is 0 Å². The number of carbonyl (C=O) groups is 1. The number of nitrogens with one attached hydrogen (secondary N) is 2. The molecule has 2 atom stereocenters. The van der Waals surface area contributed by atoms with Crippen LogP contribution in [-0.4, -0.2) is 17.8 Å². The fraction of sp³-hybridized carbons (Fsp3) is 0.136. The zero-order chi connectivity index (χ0) is 17.9. The molecule has 0 spiro atoms. The quantitative estimate of drug-likeness (QED) is 0.526. The number of para-hydroxylation sites is 1. The Hall–Kier alpha value is -3.11. The minimum absolute atomic E-state index is 0.109. The summed E-state index contributed by atoms with van der Waals surface area (Å²) in [7, 11) is 2.03. The number of ketones is 1. The number of H-pyrrole nitrogens is 1. The molecule has 130 valence electrons. The first-order chi connectivity index (χ1) is 12.7. The summed E-state index contributed by atoms with van der Waals surface area (Å²) in [5.41, 5.74) is 2.71. The second-order valence-electron chi connectivity index (χ2n) is 6.56. The van der Waals surface area contributed by atoms with E-state index in [0.717, 1.165) is 32.7 Å². The number of rotatable bonds is 6. The third-order valence-corrected chi connectivity index (χ3v) is 4.78. The highest BCUT2D eigenvalue weighted by molar-refractivity contribution is 6.10. The van der Waals surface area contributed by atoms with Crippen LogP contribution in [0.1, 0.15) is 27.7 Å². The molecule has 0 saturated carbocycles. The zero-order valence-electron chi connectivity index (χ0n) is 14.6. The molecule has 0 fully saturated rings. The molecular formula is C22H21N2O2+. The molecule has 1 unspecified atom stereocenters. The predicted octanol–water partition coefficient (Wildman–Crippen LogP) is 3.40. The van der Waals surface area contributed by atoms with Gasteiger partial charge < -0.3 is 14.3 Å². The molecule has 4 aromatic rings. The lowest BCUT2D eigenvalue weighted by Crippen LogP contribution is -3.09.